The molecule has 2 amide bonds. The molecule has 1 saturated heterocycles. The Hall–Kier alpha value is -1.88. The van der Waals surface area contributed by atoms with Gasteiger partial charge in [0, 0.05) is 24.2 Å². The fourth-order valence-electron chi connectivity index (χ4n) is 2.32. The molecule has 4 N–H and O–H groups in total. The average molecular weight is 261 g/mol. The minimum absolute atomic E-state index is 0.0167. The van der Waals surface area contributed by atoms with E-state index in [1.807, 2.05) is 4.90 Å². The van der Waals surface area contributed by atoms with Gasteiger partial charge in [0.2, 0.25) is 5.91 Å². The minimum Gasteiger partial charge on any atom is -0.366 e. The van der Waals surface area contributed by atoms with E-state index in [0.29, 0.717) is 24.2 Å². The first-order valence-corrected chi connectivity index (χ1v) is 6.34. The van der Waals surface area contributed by atoms with Crippen LogP contribution in [0.2, 0.25) is 0 Å². The van der Waals surface area contributed by atoms with Crippen molar-refractivity contribution < 1.29 is 9.59 Å². The highest BCUT2D eigenvalue weighted by Crippen LogP contribution is 2.29. The number of primary amides is 1. The molecular formula is C14H19N3O2. The molecule has 0 bridgehead atoms. The number of carbonyl (C=O) groups excluding carboxylic acids is 2. The van der Waals surface area contributed by atoms with Crippen molar-refractivity contribution in [3.05, 3.63) is 35.4 Å². The Morgan fingerprint density at radius 3 is 2.32 bits per heavy atom. The van der Waals surface area contributed by atoms with Gasteiger partial charge >= 0.3 is 0 Å². The van der Waals surface area contributed by atoms with Crippen LogP contribution in [0.4, 0.5) is 0 Å². The van der Waals surface area contributed by atoms with Crippen molar-refractivity contribution in [3.63, 3.8) is 0 Å². The summed E-state index contributed by atoms with van der Waals surface area (Å²) in [7, 11) is 0. The number of likely N-dealkylation sites (tertiary alicyclic amines) is 1. The zero-order valence-electron chi connectivity index (χ0n) is 11.1. The zero-order chi connectivity index (χ0) is 14.0. The van der Waals surface area contributed by atoms with Crippen LogP contribution in [0.1, 0.15) is 34.1 Å². The van der Waals surface area contributed by atoms with E-state index in [0.717, 1.165) is 13.0 Å². The monoisotopic (exact) mass is 261 g/mol. The summed E-state index contributed by atoms with van der Waals surface area (Å²) in [5.41, 5.74) is 11.9. The predicted octanol–water partition coefficient (Wildman–Crippen LogP) is 0.596. The predicted molar refractivity (Wildman–Crippen MR) is 72.6 cm³/mol. The molecule has 1 fully saturated rings. The van der Waals surface area contributed by atoms with Gasteiger partial charge in [0.25, 0.3) is 5.91 Å². The molecule has 1 aromatic carbocycles. The summed E-state index contributed by atoms with van der Waals surface area (Å²) in [6.45, 7) is 4.08. The number of hydrogen-bond donors (Lipinski definition) is 2. The van der Waals surface area contributed by atoms with E-state index in [4.69, 9.17) is 11.5 Å². The molecule has 2 rings (SSSR count). The number of rotatable bonds is 3. The van der Waals surface area contributed by atoms with Crippen LogP contribution >= 0.6 is 0 Å². The maximum Gasteiger partial charge on any atom is 0.253 e. The zero-order valence-corrected chi connectivity index (χ0v) is 11.1. The molecule has 5 nitrogen and oxygen atoms in total. The Labute approximate surface area is 112 Å². The molecule has 5 heteroatoms. The summed E-state index contributed by atoms with van der Waals surface area (Å²) in [6, 6.07) is 6.43. The number of hydrogen-bond acceptors (Lipinski definition) is 3. The molecule has 0 saturated carbocycles. The van der Waals surface area contributed by atoms with E-state index in [1.165, 1.54) is 0 Å². The second-order valence-electron chi connectivity index (χ2n) is 5.43. The van der Waals surface area contributed by atoms with Gasteiger partial charge in [0.1, 0.15) is 0 Å². The molecule has 1 heterocycles. The van der Waals surface area contributed by atoms with E-state index in [1.54, 1.807) is 24.3 Å². The molecule has 102 valence electrons. The SMILES string of the molecule is CC1(CN)CCN(C(=O)c2ccc(C(N)=O)cc2)C1. The van der Waals surface area contributed by atoms with Gasteiger partial charge in [-0.25, -0.2) is 0 Å². The first-order chi connectivity index (χ1) is 8.95. The number of benzene rings is 1. The van der Waals surface area contributed by atoms with E-state index >= 15 is 0 Å². The molecule has 1 atom stereocenters. The standard InChI is InChI=1S/C14H19N3O2/c1-14(8-15)6-7-17(9-14)13(19)11-4-2-10(3-5-11)12(16)18/h2-5H,6-9,15H2,1H3,(H2,16,18). The van der Waals surface area contributed by atoms with Crippen molar-refractivity contribution >= 4 is 11.8 Å². The summed E-state index contributed by atoms with van der Waals surface area (Å²) in [5.74, 6) is -0.510. The van der Waals surface area contributed by atoms with Crippen molar-refractivity contribution in [2.75, 3.05) is 19.6 Å². The van der Waals surface area contributed by atoms with Crippen LogP contribution in [0, 0.1) is 5.41 Å². The number of nitrogens with zero attached hydrogens (tertiary/aromatic N) is 1. The van der Waals surface area contributed by atoms with Crippen molar-refractivity contribution in [2.24, 2.45) is 16.9 Å². The lowest BCUT2D eigenvalue weighted by Gasteiger charge is -2.22. The van der Waals surface area contributed by atoms with Crippen LogP contribution in [0.15, 0.2) is 24.3 Å². The van der Waals surface area contributed by atoms with E-state index in [-0.39, 0.29) is 11.3 Å². The average Bonchev–Trinajstić information content (AvgIpc) is 2.81. The van der Waals surface area contributed by atoms with Crippen LogP contribution in [0.5, 0.6) is 0 Å². The Morgan fingerprint density at radius 1 is 1.26 bits per heavy atom. The highest BCUT2D eigenvalue weighted by atomic mass is 16.2. The Bertz CT molecular complexity index is 498. The molecule has 1 aliphatic heterocycles. The van der Waals surface area contributed by atoms with Crippen molar-refractivity contribution in [1.29, 1.82) is 0 Å². The molecule has 1 aliphatic rings. The lowest BCUT2D eigenvalue weighted by atomic mass is 9.90. The van der Waals surface area contributed by atoms with Gasteiger partial charge in [-0.3, -0.25) is 9.59 Å². The van der Waals surface area contributed by atoms with Gasteiger partial charge in [-0.05, 0) is 42.6 Å². The first kappa shape index (κ1) is 13.5. The minimum atomic E-state index is -0.490. The van der Waals surface area contributed by atoms with Gasteiger partial charge in [0.05, 0.1) is 0 Å². The van der Waals surface area contributed by atoms with Crippen LogP contribution in [0.3, 0.4) is 0 Å². The second kappa shape index (κ2) is 5.01. The number of amides is 2. The first-order valence-electron chi connectivity index (χ1n) is 6.34. The number of nitrogens with two attached hydrogens (primary N) is 2. The maximum atomic E-state index is 12.3. The summed E-state index contributed by atoms with van der Waals surface area (Å²) in [6.07, 6.45) is 0.925. The van der Waals surface area contributed by atoms with Gasteiger partial charge in [0.15, 0.2) is 0 Å². The Morgan fingerprint density at radius 2 is 1.84 bits per heavy atom. The molecule has 19 heavy (non-hydrogen) atoms. The van der Waals surface area contributed by atoms with Crippen molar-refractivity contribution in [3.8, 4) is 0 Å². The molecule has 1 unspecified atom stereocenters. The fraction of sp³-hybridized carbons (Fsp3) is 0.429. The van der Waals surface area contributed by atoms with Gasteiger partial charge in [-0.2, -0.15) is 0 Å². The third kappa shape index (κ3) is 2.76. The van der Waals surface area contributed by atoms with Crippen LogP contribution in [-0.4, -0.2) is 36.3 Å². The van der Waals surface area contributed by atoms with Crippen LogP contribution in [0.25, 0.3) is 0 Å². The smallest absolute Gasteiger partial charge is 0.253 e. The Balaban J connectivity index is 2.10. The highest BCUT2D eigenvalue weighted by Gasteiger charge is 2.35. The summed E-state index contributed by atoms with van der Waals surface area (Å²) in [5, 5.41) is 0. The van der Waals surface area contributed by atoms with Crippen LogP contribution in [-0.2, 0) is 0 Å². The van der Waals surface area contributed by atoms with E-state index < -0.39 is 5.91 Å². The van der Waals surface area contributed by atoms with Gasteiger partial charge in [-0.1, -0.05) is 6.92 Å². The molecule has 0 aromatic heterocycles. The third-order valence-electron chi connectivity index (χ3n) is 3.75. The molecular weight excluding hydrogens is 242 g/mol. The summed E-state index contributed by atoms with van der Waals surface area (Å²) < 4.78 is 0. The second-order valence-corrected chi connectivity index (χ2v) is 5.43. The number of carbonyl (C=O) groups is 2. The van der Waals surface area contributed by atoms with Gasteiger partial charge < -0.3 is 16.4 Å². The van der Waals surface area contributed by atoms with E-state index in [2.05, 4.69) is 6.92 Å². The topological polar surface area (TPSA) is 89.4 Å². The van der Waals surface area contributed by atoms with E-state index in [9.17, 15) is 9.59 Å². The lowest BCUT2D eigenvalue weighted by molar-refractivity contribution is 0.0776. The molecule has 0 radical (unpaired) electrons. The molecule has 0 aliphatic carbocycles. The van der Waals surface area contributed by atoms with Crippen molar-refractivity contribution in [2.45, 2.75) is 13.3 Å². The maximum absolute atomic E-state index is 12.3. The summed E-state index contributed by atoms with van der Waals surface area (Å²) in [4.78, 5) is 25.1. The lowest BCUT2D eigenvalue weighted by Crippen LogP contribution is -2.34. The quantitative estimate of drug-likeness (QED) is 0.834. The third-order valence-corrected chi connectivity index (χ3v) is 3.75. The fourth-order valence-corrected chi connectivity index (χ4v) is 2.32. The van der Waals surface area contributed by atoms with Gasteiger partial charge in [-0.15, -0.1) is 0 Å². The molecule has 1 aromatic rings. The summed E-state index contributed by atoms with van der Waals surface area (Å²) >= 11 is 0. The normalized spacial score (nSPS) is 22.5. The Kier molecular flexibility index (Phi) is 3.57. The van der Waals surface area contributed by atoms with Crippen molar-refractivity contribution in [1.82, 2.24) is 4.90 Å². The van der Waals surface area contributed by atoms with Crippen LogP contribution < -0.4 is 11.5 Å². The molecule has 0 spiro atoms. The largest absolute Gasteiger partial charge is 0.366 e. The highest BCUT2D eigenvalue weighted by molar-refractivity contribution is 5.97.